The Hall–Kier alpha value is -3.08. The second kappa shape index (κ2) is 18.9. The van der Waals surface area contributed by atoms with E-state index in [1.807, 2.05) is 36.4 Å². The molecule has 0 aliphatic heterocycles. The van der Waals surface area contributed by atoms with E-state index in [0.717, 1.165) is 99.0 Å². The van der Waals surface area contributed by atoms with E-state index in [1.165, 1.54) is 56.9 Å². The van der Waals surface area contributed by atoms with Gasteiger partial charge < -0.3 is 14.2 Å². The highest BCUT2D eigenvalue weighted by Gasteiger charge is 2.59. The van der Waals surface area contributed by atoms with Crippen LogP contribution in [0, 0.1) is 46.3 Å². The molecule has 3 fully saturated rings. The van der Waals surface area contributed by atoms with Crippen LogP contribution in [0.2, 0.25) is 0 Å². The molecule has 1 unspecified atom stereocenters. The zero-order chi connectivity index (χ0) is 39.0. The maximum Gasteiger partial charge on any atom is 0.343 e. The van der Waals surface area contributed by atoms with E-state index in [1.54, 1.807) is 17.7 Å². The van der Waals surface area contributed by atoms with Crippen LogP contribution < -0.4 is 9.47 Å². The maximum absolute atomic E-state index is 12.9. The minimum atomic E-state index is -0.359. The van der Waals surface area contributed by atoms with Crippen molar-refractivity contribution in [2.24, 2.45) is 46.3 Å². The fourth-order valence-electron chi connectivity index (χ4n) is 11.7. The Kier molecular flexibility index (Phi) is 14.3. The lowest BCUT2D eigenvalue weighted by Crippen LogP contribution is -2.51. The van der Waals surface area contributed by atoms with Crippen molar-refractivity contribution in [1.82, 2.24) is 0 Å². The number of esters is 2. The average molecular weight is 753 g/mol. The van der Waals surface area contributed by atoms with Crippen LogP contribution in [0.5, 0.6) is 11.5 Å². The normalized spacial score (nSPS) is 29.1. The third kappa shape index (κ3) is 10.1. The van der Waals surface area contributed by atoms with Crippen LogP contribution in [0.1, 0.15) is 167 Å². The zero-order valence-electron chi connectivity index (χ0n) is 35.2. The summed E-state index contributed by atoms with van der Waals surface area (Å²) in [6, 6.07) is 14.9. The molecule has 0 saturated heterocycles. The van der Waals surface area contributed by atoms with Gasteiger partial charge in [0.15, 0.2) is 0 Å². The Bertz CT molecular complexity index is 1570. The number of carbonyl (C=O) groups excluding carboxylic acids is 2. The van der Waals surface area contributed by atoms with E-state index in [0.29, 0.717) is 29.8 Å². The first-order valence-corrected chi connectivity index (χ1v) is 22.4. The Balaban J connectivity index is 0.877. The molecule has 55 heavy (non-hydrogen) atoms. The van der Waals surface area contributed by atoms with Gasteiger partial charge in [0.25, 0.3) is 0 Å². The Morgan fingerprint density at radius 3 is 2.31 bits per heavy atom. The molecular formula is C50H72O5. The third-order valence-corrected chi connectivity index (χ3v) is 14.9. The fourth-order valence-corrected chi connectivity index (χ4v) is 11.7. The number of carbonyl (C=O) groups is 2. The molecule has 0 radical (unpaired) electrons. The zero-order valence-corrected chi connectivity index (χ0v) is 35.2. The lowest BCUT2D eigenvalue weighted by molar-refractivity contribution is -0.151. The average Bonchev–Trinajstić information content (AvgIpc) is 3.53. The SMILES string of the molecule is CCCCc1ccc(C(=O)Oc2ccc(OCCCCCC(=O)OC3CC[C@@]4(C)C(=CC[C@H]5[C@@H]6CC[C@H]([C@H](C)CCCC(C)C)[C@@]6(C)CC[C@@H]54)C3)cc2)cc1. The first kappa shape index (κ1) is 41.6. The Morgan fingerprint density at radius 1 is 0.800 bits per heavy atom. The predicted molar refractivity (Wildman–Crippen MR) is 223 cm³/mol. The van der Waals surface area contributed by atoms with Gasteiger partial charge in [0.1, 0.15) is 17.6 Å². The summed E-state index contributed by atoms with van der Waals surface area (Å²) in [6.45, 7) is 15.3. The molecule has 2 aromatic carbocycles. The van der Waals surface area contributed by atoms with E-state index in [-0.39, 0.29) is 23.5 Å². The van der Waals surface area contributed by atoms with Gasteiger partial charge in [-0.3, -0.25) is 4.79 Å². The molecule has 8 atom stereocenters. The summed E-state index contributed by atoms with van der Waals surface area (Å²) in [5, 5.41) is 0. The summed E-state index contributed by atoms with van der Waals surface area (Å²) >= 11 is 0. The Morgan fingerprint density at radius 2 is 1.56 bits per heavy atom. The number of hydrogen-bond donors (Lipinski definition) is 0. The van der Waals surface area contributed by atoms with Crippen LogP contribution in [0.15, 0.2) is 60.2 Å². The molecule has 4 aliphatic rings. The van der Waals surface area contributed by atoms with Crippen LogP contribution in [0.25, 0.3) is 0 Å². The highest BCUT2D eigenvalue weighted by molar-refractivity contribution is 5.91. The van der Waals surface area contributed by atoms with Crippen molar-refractivity contribution >= 4 is 11.9 Å². The van der Waals surface area contributed by atoms with E-state index < -0.39 is 0 Å². The molecule has 0 bridgehead atoms. The first-order chi connectivity index (χ1) is 26.5. The summed E-state index contributed by atoms with van der Waals surface area (Å²) in [7, 11) is 0. The lowest BCUT2D eigenvalue weighted by Gasteiger charge is -2.58. The molecule has 6 rings (SSSR count). The molecule has 3 saturated carbocycles. The van der Waals surface area contributed by atoms with Gasteiger partial charge in [0, 0.05) is 12.8 Å². The highest BCUT2D eigenvalue weighted by atomic mass is 16.5. The molecule has 0 heterocycles. The molecule has 0 N–H and O–H groups in total. The Labute approximate surface area is 333 Å². The highest BCUT2D eigenvalue weighted by Crippen LogP contribution is 2.67. The molecule has 302 valence electrons. The van der Waals surface area contributed by atoms with Crippen molar-refractivity contribution in [3.63, 3.8) is 0 Å². The topological polar surface area (TPSA) is 61.8 Å². The van der Waals surface area contributed by atoms with Crippen LogP contribution >= 0.6 is 0 Å². The van der Waals surface area contributed by atoms with Crippen LogP contribution in [0.3, 0.4) is 0 Å². The van der Waals surface area contributed by atoms with Crippen molar-refractivity contribution < 1.29 is 23.8 Å². The summed E-state index contributed by atoms with van der Waals surface area (Å²) < 4.78 is 17.6. The minimum Gasteiger partial charge on any atom is -0.494 e. The number of allylic oxidation sites excluding steroid dienone is 1. The molecule has 0 aromatic heterocycles. The standard InChI is InChI=1S/C50H72O5/c1-7-8-15-37-17-19-38(20-18-37)48(52)55-41-24-22-40(23-25-41)53-33-11-9-10-16-47(51)54-42-29-31-49(5)39(34-42)21-26-43-45-28-27-44(36(4)14-12-13-35(2)3)50(45,6)32-30-46(43)49/h17-25,35-36,42-46H,7-16,26-34H2,1-6H3/t36-,42?,43+,44-,45+,46+,49+,50-/m1/s1. The molecular weight excluding hydrogens is 681 g/mol. The summed E-state index contributed by atoms with van der Waals surface area (Å²) in [5.74, 6) is 5.89. The summed E-state index contributed by atoms with van der Waals surface area (Å²) in [6.07, 6.45) is 23.2. The molecule has 4 aliphatic carbocycles. The van der Waals surface area contributed by atoms with Crippen LogP contribution in [-0.2, 0) is 16.0 Å². The number of rotatable bonds is 18. The lowest BCUT2D eigenvalue weighted by atomic mass is 9.47. The van der Waals surface area contributed by atoms with Crippen LogP contribution in [0.4, 0.5) is 0 Å². The number of aryl methyl sites for hydroxylation is 1. The first-order valence-electron chi connectivity index (χ1n) is 22.4. The van der Waals surface area contributed by atoms with Gasteiger partial charge in [-0.05, 0) is 165 Å². The molecule has 5 heteroatoms. The van der Waals surface area contributed by atoms with Crippen molar-refractivity contribution in [3.8, 4) is 11.5 Å². The quantitative estimate of drug-likeness (QED) is 0.0657. The third-order valence-electron chi connectivity index (χ3n) is 14.9. The van der Waals surface area contributed by atoms with Gasteiger partial charge in [-0.1, -0.05) is 91.0 Å². The number of fused-ring (bicyclic) bond motifs is 5. The van der Waals surface area contributed by atoms with Gasteiger partial charge in [-0.15, -0.1) is 0 Å². The van der Waals surface area contributed by atoms with Gasteiger partial charge in [0.05, 0.1) is 12.2 Å². The van der Waals surface area contributed by atoms with Gasteiger partial charge in [0.2, 0.25) is 0 Å². The smallest absolute Gasteiger partial charge is 0.343 e. The van der Waals surface area contributed by atoms with E-state index in [9.17, 15) is 9.59 Å². The van der Waals surface area contributed by atoms with Crippen molar-refractivity contribution in [3.05, 3.63) is 71.3 Å². The van der Waals surface area contributed by atoms with Gasteiger partial charge in [-0.25, -0.2) is 4.79 Å². The largest absolute Gasteiger partial charge is 0.494 e. The molecule has 0 amide bonds. The van der Waals surface area contributed by atoms with Gasteiger partial charge >= 0.3 is 11.9 Å². The molecule has 2 aromatic rings. The number of ether oxygens (including phenoxy) is 3. The second-order valence-electron chi connectivity index (χ2n) is 19.0. The monoisotopic (exact) mass is 753 g/mol. The van der Waals surface area contributed by atoms with Crippen molar-refractivity contribution in [2.45, 2.75) is 163 Å². The van der Waals surface area contributed by atoms with Crippen molar-refractivity contribution in [2.75, 3.05) is 6.61 Å². The predicted octanol–water partition coefficient (Wildman–Crippen LogP) is 13.1. The molecule has 0 spiro atoms. The van der Waals surface area contributed by atoms with Gasteiger partial charge in [-0.2, -0.15) is 0 Å². The second-order valence-corrected chi connectivity index (χ2v) is 19.0. The summed E-state index contributed by atoms with van der Waals surface area (Å²) in [4.78, 5) is 25.5. The van der Waals surface area contributed by atoms with E-state index in [2.05, 4.69) is 47.6 Å². The van der Waals surface area contributed by atoms with Crippen LogP contribution in [-0.4, -0.2) is 24.6 Å². The maximum atomic E-state index is 12.9. The summed E-state index contributed by atoms with van der Waals surface area (Å²) in [5.41, 5.74) is 4.17. The minimum absolute atomic E-state index is 0.0291. The fraction of sp³-hybridized carbons (Fsp3) is 0.680. The number of benzene rings is 2. The number of unbranched alkanes of at least 4 members (excludes halogenated alkanes) is 3. The van der Waals surface area contributed by atoms with Crippen molar-refractivity contribution in [1.29, 1.82) is 0 Å². The van der Waals surface area contributed by atoms with E-state index in [4.69, 9.17) is 14.2 Å². The van der Waals surface area contributed by atoms with E-state index >= 15 is 0 Å². The molecule has 5 nitrogen and oxygen atoms in total. The number of hydrogen-bond acceptors (Lipinski definition) is 5.